The predicted molar refractivity (Wildman–Crippen MR) is 77.8 cm³/mol. The highest BCUT2D eigenvalue weighted by Crippen LogP contribution is 2.28. The van der Waals surface area contributed by atoms with E-state index in [9.17, 15) is 17.2 Å². The summed E-state index contributed by atoms with van der Waals surface area (Å²) in [5.74, 6) is -2.55. The second-order valence-electron chi connectivity index (χ2n) is 4.40. The second-order valence-corrected chi connectivity index (χ2v) is 6.43. The zero-order valence-electron chi connectivity index (χ0n) is 10.8. The van der Waals surface area contributed by atoms with E-state index < -0.39 is 26.6 Å². The van der Waals surface area contributed by atoms with Crippen molar-refractivity contribution in [3.63, 3.8) is 0 Å². The van der Waals surface area contributed by atoms with E-state index in [2.05, 4.69) is 4.72 Å². The van der Waals surface area contributed by atoms with Gasteiger partial charge in [-0.1, -0.05) is 17.7 Å². The fraction of sp³-hybridized carbons (Fsp3) is 0.0769. The second kappa shape index (κ2) is 5.50. The molecule has 0 amide bonds. The number of nitrogen functional groups attached to an aromatic ring is 1. The minimum absolute atomic E-state index is 0.0345. The van der Waals surface area contributed by atoms with E-state index in [4.69, 9.17) is 17.3 Å². The number of hydrogen-bond acceptors (Lipinski definition) is 3. The van der Waals surface area contributed by atoms with Gasteiger partial charge in [-0.3, -0.25) is 4.72 Å². The van der Waals surface area contributed by atoms with E-state index in [0.717, 1.165) is 17.7 Å². The molecule has 0 bridgehead atoms. The SMILES string of the molecule is Cc1ccc(Cl)c(NS(=O)(=O)c2c(F)cc(N)cc2F)c1. The predicted octanol–water partition coefficient (Wildman–Crippen LogP) is 3.31. The first-order valence-corrected chi connectivity index (χ1v) is 7.60. The van der Waals surface area contributed by atoms with E-state index in [1.807, 2.05) is 0 Å². The Labute approximate surface area is 125 Å². The Morgan fingerprint density at radius 3 is 2.29 bits per heavy atom. The molecule has 3 N–H and O–H groups in total. The van der Waals surface area contributed by atoms with Crippen LogP contribution in [-0.2, 0) is 10.0 Å². The van der Waals surface area contributed by atoms with Crippen LogP contribution in [0.15, 0.2) is 35.2 Å². The van der Waals surface area contributed by atoms with Gasteiger partial charge < -0.3 is 5.73 Å². The number of rotatable bonds is 3. The summed E-state index contributed by atoms with van der Waals surface area (Å²) in [6, 6.07) is 6.06. The van der Waals surface area contributed by atoms with Crippen molar-refractivity contribution in [2.75, 3.05) is 10.5 Å². The Kier molecular flexibility index (Phi) is 4.06. The number of nitrogens with one attached hydrogen (secondary N) is 1. The Morgan fingerprint density at radius 1 is 1.14 bits per heavy atom. The maximum Gasteiger partial charge on any atom is 0.267 e. The first-order chi connectivity index (χ1) is 9.70. The number of halogens is 3. The van der Waals surface area contributed by atoms with Gasteiger partial charge in [0.15, 0.2) is 4.90 Å². The van der Waals surface area contributed by atoms with Crippen LogP contribution in [-0.4, -0.2) is 8.42 Å². The number of aryl methyl sites for hydroxylation is 1. The van der Waals surface area contributed by atoms with Gasteiger partial charge in [-0.2, -0.15) is 0 Å². The summed E-state index contributed by atoms with van der Waals surface area (Å²) in [6.07, 6.45) is 0. The number of sulfonamides is 1. The van der Waals surface area contributed by atoms with Gasteiger partial charge in [0.2, 0.25) is 0 Å². The summed E-state index contributed by atoms with van der Waals surface area (Å²) in [6.45, 7) is 1.72. The minimum atomic E-state index is -4.47. The smallest absolute Gasteiger partial charge is 0.267 e. The molecule has 0 aliphatic heterocycles. The minimum Gasteiger partial charge on any atom is -0.399 e. The topological polar surface area (TPSA) is 72.2 Å². The highest BCUT2D eigenvalue weighted by molar-refractivity contribution is 7.92. The largest absolute Gasteiger partial charge is 0.399 e. The van der Waals surface area contributed by atoms with E-state index in [0.29, 0.717) is 0 Å². The highest BCUT2D eigenvalue weighted by Gasteiger charge is 2.25. The molecule has 0 saturated carbocycles. The van der Waals surface area contributed by atoms with Crippen molar-refractivity contribution in [3.8, 4) is 0 Å². The lowest BCUT2D eigenvalue weighted by Crippen LogP contribution is -2.17. The van der Waals surface area contributed by atoms with E-state index in [1.54, 1.807) is 13.0 Å². The van der Waals surface area contributed by atoms with Gasteiger partial charge >= 0.3 is 0 Å². The molecule has 0 atom stereocenters. The van der Waals surface area contributed by atoms with E-state index in [1.165, 1.54) is 12.1 Å². The molecule has 112 valence electrons. The van der Waals surface area contributed by atoms with Crippen molar-refractivity contribution < 1.29 is 17.2 Å². The molecule has 2 aromatic rings. The summed E-state index contributed by atoms with van der Waals surface area (Å²) in [5.41, 5.74) is 5.81. The van der Waals surface area contributed by atoms with Crippen LogP contribution in [0.4, 0.5) is 20.2 Å². The third-order valence-corrected chi connectivity index (χ3v) is 4.40. The third-order valence-electron chi connectivity index (χ3n) is 2.66. The van der Waals surface area contributed by atoms with Crippen LogP contribution in [0, 0.1) is 18.6 Å². The molecule has 0 fully saturated rings. The van der Waals surface area contributed by atoms with Crippen molar-refractivity contribution in [1.82, 2.24) is 0 Å². The third kappa shape index (κ3) is 3.25. The number of nitrogens with two attached hydrogens (primary N) is 1. The first-order valence-electron chi connectivity index (χ1n) is 5.74. The molecule has 4 nitrogen and oxygen atoms in total. The van der Waals surface area contributed by atoms with Crippen LogP contribution in [0.2, 0.25) is 5.02 Å². The molecule has 0 heterocycles. The van der Waals surface area contributed by atoms with Gasteiger partial charge in [-0.15, -0.1) is 0 Å². The van der Waals surface area contributed by atoms with Crippen molar-refractivity contribution in [2.45, 2.75) is 11.8 Å². The summed E-state index contributed by atoms with van der Waals surface area (Å²) in [5, 5.41) is 0.112. The Hall–Kier alpha value is -1.86. The van der Waals surface area contributed by atoms with Crippen LogP contribution >= 0.6 is 11.6 Å². The number of anilines is 2. The van der Waals surface area contributed by atoms with Crippen molar-refractivity contribution >= 4 is 33.0 Å². The average Bonchev–Trinajstić information content (AvgIpc) is 2.31. The quantitative estimate of drug-likeness (QED) is 0.847. The monoisotopic (exact) mass is 332 g/mol. The molecule has 21 heavy (non-hydrogen) atoms. The lowest BCUT2D eigenvalue weighted by Gasteiger charge is -2.12. The molecule has 0 unspecified atom stereocenters. The lowest BCUT2D eigenvalue weighted by molar-refractivity contribution is 0.522. The van der Waals surface area contributed by atoms with Gasteiger partial charge in [-0.25, -0.2) is 17.2 Å². The molecule has 0 spiro atoms. The Bertz CT molecular complexity index is 787. The fourth-order valence-electron chi connectivity index (χ4n) is 1.75. The van der Waals surface area contributed by atoms with E-state index in [-0.39, 0.29) is 16.4 Å². The van der Waals surface area contributed by atoms with Gasteiger partial charge in [0.1, 0.15) is 11.6 Å². The molecule has 2 aromatic carbocycles. The normalized spacial score (nSPS) is 11.4. The maximum atomic E-state index is 13.7. The summed E-state index contributed by atoms with van der Waals surface area (Å²) in [7, 11) is -4.47. The summed E-state index contributed by atoms with van der Waals surface area (Å²) < 4.78 is 53.8. The standard InChI is InChI=1S/C13H11ClF2N2O2S/c1-7-2-3-9(14)12(4-7)18-21(19,20)13-10(15)5-8(17)6-11(13)16/h2-6,18H,17H2,1H3. The molecule has 8 heteroatoms. The zero-order chi connectivity index (χ0) is 15.8. The lowest BCUT2D eigenvalue weighted by atomic mass is 10.2. The van der Waals surface area contributed by atoms with Crippen molar-refractivity contribution in [2.24, 2.45) is 0 Å². The molecule has 0 radical (unpaired) electrons. The Morgan fingerprint density at radius 2 is 1.71 bits per heavy atom. The molecule has 0 saturated heterocycles. The molecule has 0 aliphatic carbocycles. The summed E-state index contributed by atoms with van der Waals surface area (Å²) in [4.78, 5) is -1.10. The van der Waals surface area contributed by atoms with Gasteiger partial charge in [0.05, 0.1) is 10.7 Å². The Balaban J connectivity index is 2.51. The number of benzene rings is 2. The molecule has 0 aliphatic rings. The molecule has 2 rings (SSSR count). The van der Waals surface area contributed by atoms with Gasteiger partial charge in [0.25, 0.3) is 10.0 Å². The van der Waals surface area contributed by atoms with E-state index >= 15 is 0 Å². The maximum absolute atomic E-state index is 13.7. The average molecular weight is 333 g/mol. The van der Waals surface area contributed by atoms with Crippen LogP contribution in [0.5, 0.6) is 0 Å². The number of hydrogen-bond donors (Lipinski definition) is 2. The van der Waals surface area contributed by atoms with Gasteiger partial charge in [0, 0.05) is 5.69 Å². The van der Waals surface area contributed by atoms with Crippen molar-refractivity contribution in [3.05, 3.63) is 52.6 Å². The molecular weight excluding hydrogens is 322 g/mol. The first kappa shape index (κ1) is 15.5. The highest BCUT2D eigenvalue weighted by atomic mass is 35.5. The summed E-state index contributed by atoms with van der Waals surface area (Å²) >= 11 is 5.86. The molecule has 0 aromatic heterocycles. The molecular formula is C13H11ClF2N2O2S. The fourth-order valence-corrected chi connectivity index (χ4v) is 3.16. The van der Waals surface area contributed by atoms with Crippen LogP contribution in [0.1, 0.15) is 5.56 Å². The van der Waals surface area contributed by atoms with Gasteiger partial charge in [-0.05, 0) is 36.8 Å². The zero-order valence-corrected chi connectivity index (χ0v) is 12.4. The van der Waals surface area contributed by atoms with Crippen LogP contribution in [0.25, 0.3) is 0 Å². The van der Waals surface area contributed by atoms with Crippen LogP contribution < -0.4 is 10.5 Å². The van der Waals surface area contributed by atoms with Crippen molar-refractivity contribution in [1.29, 1.82) is 0 Å². The van der Waals surface area contributed by atoms with Crippen LogP contribution in [0.3, 0.4) is 0 Å².